The fourth-order valence-electron chi connectivity index (χ4n) is 9.32. The summed E-state index contributed by atoms with van der Waals surface area (Å²) in [7, 11) is 0. The molecule has 3 aliphatic rings. The van der Waals surface area contributed by atoms with E-state index in [1.807, 2.05) is 41.5 Å². The first-order valence-electron chi connectivity index (χ1n) is 24.5. The fourth-order valence-corrected chi connectivity index (χ4v) is 11.2. The minimum atomic E-state index is 0.487. The van der Waals surface area contributed by atoms with Gasteiger partial charge in [0.15, 0.2) is 0 Å². The van der Waals surface area contributed by atoms with Crippen LogP contribution in [0.1, 0.15) is 83.5 Å². The van der Waals surface area contributed by atoms with E-state index in [0.717, 1.165) is 28.7 Å². The molecule has 0 N–H and O–H groups in total. The molecule has 11 rings (SSSR count). The lowest BCUT2D eigenvalue weighted by Gasteiger charge is -2.27. The van der Waals surface area contributed by atoms with Crippen LogP contribution in [-0.4, -0.2) is 9.82 Å². The molecule has 7 aromatic carbocycles. The van der Waals surface area contributed by atoms with Crippen LogP contribution in [0.25, 0.3) is 56.0 Å². The van der Waals surface area contributed by atoms with Gasteiger partial charge in [-0.15, -0.1) is 11.8 Å². The molecule has 2 nitrogen and oxygen atoms in total. The molecule has 0 spiro atoms. The van der Waals surface area contributed by atoms with Gasteiger partial charge in [0.1, 0.15) is 0 Å². The lowest BCUT2D eigenvalue weighted by molar-refractivity contribution is 0.683. The first-order chi connectivity index (χ1) is 33.6. The average molecular weight is 974 g/mol. The predicted octanol–water partition coefficient (Wildman–Crippen LogP) is 20.2. The molecule has 2 unspecified atom stereocenters. The second-order valence-corrected chi connectivity index (χ2v) is 18.3. The minimum absolute atomic E-state index is 0.487. The van der Waals surface area contributed by atoms with E-state index < -0.39 is 0 Å². The van der Waals surface area contributed by atoms with Crippen LogP contribution in [0.15, 0.2) is 217 Å². The molecule has 0 fully saturated rings. The molecule has 68 heavy (non-hydrogen) atoms. The molecule has 1 aliphatic heterocycles. The largest absolute Gasteiger partial charge is 0.313 e. The third-order valence-corrected chi connectivity index (χ3v) is 14.2. The zero-order valence-electron chi connectivity index (χ0n) is 40.6. The summed E-state index contributed by atoms with van der Waals surface area (Å²) in [6.45, 7) is 18.7. The normalized spacial score (nSPS) is 14.7. The highest BCUT2D eigenvalue weighted by atomic mass is 79.9. The number of hydrogen-bond donors (Lipinski definition) is 0. The van der Waals surface area contributed by atoms with Gasteiger partial charge in [-0.25, -0.2) is 0 Å². The molecule has 0 saturated carbocycles. The van der Waals surface area contributed by atoms with Crippen LogP contribution < -0.4 is 4.90 Å². The van der Waals surface area contributed by atoms with E-state index >= 15 is 0 Å². The zero-order chi connectivity index (χ0) is 48.0. The van der Waals surface area contributed by atoms with Crippen molar-refractivity contribution < 1.29 is 0 Å². The van der Waals surface area contributed by atoms with E-state index in [1.54, 1.807) is 12.2 Å². The molecule has 8 aromatic rings. The van der Waals surface area contributed by atoms with Crippen LogP contribution in [-0.2, 0) is 6.42 Å². The van der Waals surface area contributed by atoms with Gasteiger partial charge < -0.3 is 9.47 Å². The average Bonchev–Trinajstić information content (AvgIpc) is 3.97. The molecule has 0 saturated heterocycles. The van der Waals surface area contributed by atoms with Crippen LogP contribution in [0.2, 0.25) is 0 Å². The van der Waals surface area contributed by atoms with Crippen molar-refractivity contribution in [3.63, 3.8) is 0 Å². The summed E-state index contributed by atoms with van der Waals surface area (Å²) < 4.78 is 3.54. The van der Waals surface area contributed by atoms with E-state index in [4.69, 9.17) is 0 Å². The Balaban J connectivity index is 0.000000638. The summed E-state index contributed by atoms with van der Waals surface area (Å²) in [6.07, 6.45) is 17.2. The van der Waals surface area contributed by atoms with Crippen LogP contribution in [0.4, 0.5) is 17.1 Å². The van der Waals surface area contributed by atoms with Crippen molar-refractivity contribution in [2.24, 2.45) is 0 Å². The van der Waals surface area contributed by atoms with E-state index in [2.05, 4.69) is 238 Å². The number of hydrogen-bond acceptors (Lipinski definition) is 2. The molecular weight excluding hydrogens is 909 g/mol. The predicted molar refractivity (Wildman–Crippen MR) is 305 cm³/mol. The maximum atomic E-state index is 3.87. The van der Waals surface area contributed by atoms with E-state index in [-0.39, 0.29) is 0 Å². The molecule has 0 amide bonds. The van der Waals surface area contributed by atoms with Crippen molar-refractivity contribution in [3.8, 4) is 39.1 Å². The summed E-state index contributed by atoms with van der Waals surface area (Å²) in [5, 5.41) is 1.96. The van der Waals surface area contributed by atoms with Gasteiger partial charge in [-0.1, -0.05) is 204 Å². The summed E-state index contributed by atoms with van der Waals surface area (Å²) >= 11 is 5.93. The van der Waals surface area contributed by atoms with Crippen molar-refractivity contribution >= 4 is 61.7 Å². The van der Waals surface area contributed by atoms with E-state index in [1.165, 1.54) is 90.2 Å². The number of allylic oxidation sites excluding steroid dienone is 5. The summed E-state index contributed by atoms with van der Waals surface area (Å²) in [4.78, 5) is 3.84. The number of fused-ring (bicyclic) bond motifs is 6. The molecule has 4 heteroatoms. The van der Waals surface area contributed by atoms with Crippen LogP contribution >= 0.6 is 27.7 Å². The summed E-state index contributed by atoms with van der Waals surface area (Å²) in [5.74, 6) is 0.487. The second-order valence-electron chi connectivity index (χ2n) is 16.1. The smallest absolute Gasteiger partial charge is 0.0537 e. The van der Waals surface area contributed by atoms with Crippen molar-refractivity contribution in [2.45, 2.75) is 83.3 Å². The van der Waals surface area contributed by atoms with Crippen molar-refractivity contribution in [1.29, 1.82) is 0 Å². The molecule has 1 aromatic heterocycles. The van der Waals surface area contributed by atoms with Gasteiger partial charge in [0.05, 0.1) is 5.52 Å². The van der Waals surface area contributed by atoms with Crippen LogP contribution in [0, 0.1) is 0 Å². The Morgan fingerprint density at radius 3 is 1.76 bits per heavy atom. The third kappa shape index (κ3) is 10.7. The molecule has 0 bridgehead atoms. The zero-order valence-corrected chi connectivity index (χ0v) is 43.0. The number of aromatic nitrogens is 1. The molecule has 344 valence electrons. The van der Waals surface area contributed by atoms with Gasteiger partial charge in [0.25, 0.3) is 0 Å². The van der Waals surface area contributed by atoms with Gasteiger partial charge in [-0.2, -0.15) is 0 Å². The fraction of sp³-hybridized carbons (Fsp3) is 0.188. The lowest BCUT2D eigenvalue weighted by atomic mass is 9.89. The van der Waals surface area contributed by atoms with Gasteiger partial charge in [-0.3, -0.25) is 0 Å². The standard InChI is InChI=1S/C54H41BrN2S.C4H6.3C2H6/c55-42-32-41(33-46(34-42)57-51-15-7-4-12-47(51)48-13-5-8-16-52(48)57)40-20-18-37(19-21-40)39-24-28-44(29-25-39)56(43-26-22-38(23-27-43)36-10-2-1-3-11-36)45-30-31-54-50(35-45)49-14-6-9-17-53(49)58-54;1-3-4-2;3*1-2/h1-7,10-15,18-35,49,53H,8-9,16-17H2;3-4H,1-2H2;3*1-2H3. The number of nitrogens with zero attached hydrogens (tertiary/aromatic N) is 2. The SMILES string of the molecule is Brc1cc(-c2ccc(-c3ccc(N(c4ccc(-c5ccccc5)cc4)c4ccc5c(c4)C4C=CCCC4S5)cc3)cc2)cc(-n2c3c(c4ccccc42)C=CCC3)c1.C=CC=C.CC.CC.CC. The number of halogens is 1. The Bertz CT molecular complexity index is 2970. The van der Waals surface area contributed by atoms with Crippen LogP contribution in [0.3, 0.4) is 0 Å². The Kier molecular flexibility index (Phi) is 17.6. The number of rotatable bonds is 8. The lowest BCUT2D eigenvalue weighted by Crippen LogP contribution is -2.12. The molecule has 0 radical (unpaired) electrons. The quantitative estimate of drug-likeness (QED) is 0.111. The first-order valence-corrected chi connectivity index (χ1v) is 26.2. The van der Waals surface area contributed by atoms with Crippen LogP contribution in [0.5, 0.6) is 0 Å². The first kappa shape index (κ1) is 49.6. The number of anilines is 3. The highest BCUT2D eigenvalue weighted by molar-refractivity contribution is 9.10. The monoisotopic (exact) mass is 972 g/mol. The number of thioether (sulfide) groups is 1. The van der Waals surface area contributed by atoms with Gasteiger partial charge in [-0.05, 0) is 131 Å². The molecule has 2 atom stereocenters. The van der Waals surface area contributed by atoms with Crippen molar-refractivity contribution in [2.75, 3.05) is 4.90 Å². The molecule has 2 heterocycles. The van der Waals surface area contributed by atoms with E-state index in [9.17, 15) is 0 Å². The molecule has 2 aliphatic carbocycles. The second kappa shape index (κ2) is 24.1. The number of para-hydroxylation sites is 1. The Hall–Kier alpha value is -6.33. The van der Waals surface area contributed by atoms with E-state index in [0.29, 0.717) is 11.2 Å². The summed E-state index contributed by atoms with van der Waals surface area (Å²) in [5.41, 5.74) is 17.4. The maximum Gasteiger partial charge on any atom is 0.0537 e. The van der Waals surface area contributed by atoms with Gasteiger partial charge in [0.2, 0.25) is 0 Å². The van der Waals surface area contributed by atoms with Crippen molar-refractivity contribution in [1.82, 2.24) is 4.57 Å². The van der Waals surface area contributed by atoms with Gasteiger partial charge in [0, 0.05) is 59.9 Å². The van der Waals surface area contributed by atoms with Gasteiger partial charge >= 0.3 is 0 Å². The topological polar surface area (TPSA) is 8.17 Å². The van der Waals surface area contributed by atoms with Crippen molar-refractivity contribution in [3.05, 3.63) is 229 Å². The number of benzene rings is 7. The highest BCUT2D eigenvalue weighted by Crippen LogP contribution is 2.51. The molecular formula is C64H65BrN2S. The Morgan fingerprint density at radius 2 is 1.13 bits per heavy atom. The minimum Gasteiger partial charge on any atom is -0.313 e. The Morgan fingerprint density at radius 1 is 0.574 bits per heavy atom. The summed E-state index contributed by atoms with van der Waals surface area (Å²) in [6, 6.07) is 60.5. The maximum absolute atomic E-state index is 3.87. The third-order valence-electron chi connectivity index (χ3n) is 12.3. The highest BCUT2D eigenvalue weighted by Gasteiger charge is 2.33. The Labute approximate surface area is 419 Å².